The Labute approximate surface area is 110 Å². The standard InChI is InChI=1S/C13H18BrNO2/c1-17-13-8-9(6-7-10(13)14)15-11-4-2-3-5-12(11)16/h6-8,11-12,15-16H,2-5H2,1H3/t11-,12-/m1/s1. The minimum atomic E-state index is -0.238. The predicted octanol–water partition coefficient (Wildman–Crippen LogP) is 3.17. The summed E-state index contributed by atoms with van der Waals surface area (Å²) in [6, 6.07) is 6.06. The van der Waals surface area contributed by atoms with Gasteiger partial charge in [-0.2, -0.15) is 0 Å². The van der Waals surface area contributed by atoms with Gasteiger partial charge < -0.3 is 15.2 Å². The molecule has 0 spiro atoms. The highest BCUT2D eigenvalue weighted by molar-refractivity contribution is 9.10. The Hall–Kier alpha value is -0.740. The van der Waals surface area contributed by atoms with Gasteiger partial charge in [-0.05, 0) is 40.9 Å². The second-order valence-electron chi connectivity index (χ2n) is 4.45. The molecule has 0 saturated heterocycles. The summed E-state index contributed by atoms with van der Waals surface area (Å²) in [6.45, 7) is 0. The molecule has 4 heteroatoms. The fourth-order valence-electron chi connectivity index (χ4n) is 2.24. The monoisotopic (exact) mass is 299 g/mol. The lowest BCUT2D eigenvalue weighted by Gasteiger charge is -2.29. The van der Waals surface area contributed by atoms with Crippen LogP contribution in [0.1, 0.15) is 25.7 Å². The summed E-state index contributed by atoms with van der Waals surface area (Å²) in [6.07, 6.45) is 3.99. The van der Waals surface area contributed by atoms with E-state index in [1.807, 2.05) is 18.2 Å². The van der Waals surface area contributed by atoms with Crippen LogP contribution < -0.4 is 10.1 Å². The molecule has 2 atom stereocenters. The van der Waals surface area contributed by atoms with Crippen LogP contribution in [0.15, 0.2) is 22.7 Å². The molecule has 1 aromatic carbocycles. The van der Waals surface area contributed by atoms with Crippen molar-refractivity contribution >= 4 is 21.6 Å². The molecule has 1 aliphatic carbocycles. The lowest BCUT2D eigenvalue weighted by Crippen LogP contribution is -2.36. The highest BCUT2D eigenvalue weighted by Crippen LogP contribution is 2.29. The van der Waals surface area contributed by atoms with Gasteiger partial charge in [0.1, 0.15) is 5.75 Å². The summed E-state index contributed by atoms with van der Waals surface area (Å²) in [5, 5.41) is 13.3. The second kappa shape index (κ2) is 5.74. The van der Waals surface area contributed by atoms with Crippen molar-refractivity contribution in [1.82, 2.24) is 0 Å². The maximum Gasteiger partial charge on any atom is 0.135 e. The van der Waals surface area contributed by atoms with Crippen LogP contribution in [0.5, 0.6) is 5.75 Å². The zero-order valence-corrected chi connectivity index (χ0v) is 11.5. The quantitative estimate of drug-likeness (QED) is 0.901. The normalized spacial score (nSPS) is 24.4. The number of nitrogens with one attached hydrogen (secondary N) is 1. The Morgan fingerprint density at radius 3 is 2.82 bits per heavy atom. The maximum atomic E-state index is 9.91. The fraction of sp³-hybridized carbons (Fsp3) is 0.538. The van der Waals surface area contributed by atoms with Gasteiger partial charge in [0.25, 0.3) is 0 Å². The summed E-state index contributed by atoms with van der Waals surface area (Å²) in [5.41, 5.74) is 0.996. The van der Waals surface area contributed by atoms with Crippen molar-refractivity contribution in [2.75, 3.05) is 12.4 Å². The van der Waals surface area contributed by atoms with Gasteiger partial charge in [-0.25, -0.2) is 0 Å². The first kappa shape index (κ1) is 12.7. The van der Waals surface area contributed by atoms with Crippen molar-refractivity contribution in [2.24, 2.45) is 0 Å². The Morgan fingerprint density at radius 2 is 2.12 bits per heavy atom. The molecule has 0 heterocycles. The van der Waals surface area contributed by atoms with Crippen LogP contribution in [0, 0.1) is 0 Å². The fourth-order valence-corrected chi connectivity index (χ4v) is 2.65. The van der Waals surface area contributed by atoms with Crippen LogP contribution in [0.4, 0.5) is 5.69 Å². The number of aliphatic hydroxyl groups is 1. The van der Waals surface area contributed by atoms with Crippen LogP contribution >= 0.6 is 15.9 Å². The SMILES string of the molecule is COc1cc(N[C@@H]2CCCC[C@H]2O)ccc1Br. The average molecular weight is 300 g/mol. The topological polar surface area (TPSA) is 41.5 Å². The molecule has 1 aromatic rings. The number of halogens is 1. The number of ether oxygens (including phenoxy) is 1. The van der Waals surface area contributed by atoms with Gasteiger partial charge in [-0.3, -0.25) is 0 Å². The third-order valence-electron chi connectivity index (χ3n) is 3.23. The molecule has 1 aliphatic rings. The minimum Gasteiger partial charge on any atom is -0.495 e. The Bertz CT molecular complexity index is 384. The van der Waals surface area contributed by atoms with Gasteiger partial charge in [-0.15, -0.1) is 0 Å². The summed E-state index contributed by atoms with van der Waals surface area (Å²) in [5.74, 6) is 0.806. The van der Waals surface area contributed by atoms with E-state index in [0.717, 1.165) is 35.2 Å². The van der Waals surface area contributed by atoms with E-state index in [1.165, 1.54) is 6.42 Å². The van der Waals surface area contributed by atoms with E-state index >= 15 is 0 Å². The van der Waals surface area contributed by atoms with Gasteiger partial charge in [0.2, 0.25) is 0 Å². The molecule has 1 saturated carbocycles. The molecular formula is C13H18BrNO2. The van der Waals surface area contributed by atoms with E-state index in [9.17, 15) is 5.11 Å². The van der Waals surface area contributed by atoms with Crippen molar-refractivity contribution < 1.29 is 9.84 Å². The van der Waals surface area contributed by atoms with E-state index in [2.05, 4.69) is 21.2 Å². The van der Waals surface area contributed by atoms with Gasteiger partial charge >= 0.3 is 0 Å². The van der Waals surface area contributed by atoms with Gasteiger partial charge in [0.15, 0.2) is 0 Å². The minimum absolute atomic E-state index is 0.162. The first-order valence-corrected chi connectivity index (χ1v) is 6.78. The van der Waals surface area contributed by atoms with Crippen molar-refractivity contribution in [3.05, 3.63) is 22.7 Å². The number of methoxy groups -OCH3 is 1. The van der Waals surface area contributed by atoms with E-state index in [4.69, 9.17) is 4.74 Å². The van der Waals surface area contributed by atoms with Crippen LogP contribution in [0.25, 0.3) is 0 Å². The number of anilines is 1. The molecule has 0 amide bonds. The number of aliphatic hydroxyl groups excluding tert-OH is 1. The van der Waals surface area contributed by atoms with Crippen molar-refractivity contribution in [3.63, 3.8) is 0 Å². The summed E-state index contributed by atoms with van der Waals surface area (Å²) in [7, 11) is 1.65. The summed E-state index contributed by atoms with van der Waals surface area (Å²) in [4.78, 5) is 0. The molecular weight excluding hydrogens is 282 g/mol. The number of benzene rings is 1. The Balaban J connectivity index is 2.07. The molecule has 1 fully saturated rings. The largest absolute Gasteiger partial charge is 0.495 e. The number of rotatable bonds is 3. The summed E-state index contributed by atoms with van der Waals surface area (Å²) >= 11 is 3.43. The molecule has 0 unspecified atom stereocenters. The second-order valence-corrected chi connectivity index (χ2v) is 5.31. The first-order chi connectivity index (χ1) is 8.20. The Kier molecular flexibility index (Phi) is 4.29. The van der Waals surface area contributed by atoms with E-state index in [0.29, 0.717) is 0 Å². The van der Waals surface area contributed by atoms with E-state index in [1.54, 1.807) is 7.11 Å². The van der Waals surface area contributed by atoms with Crippen molar-refractivity contribution in [2.45, 2.75) is 37.8 Å². The lowest BCUT2D eigenvalue weighted by molar-refractivity contribution is 0.116. The highest BCUT2D eigenvalue weighted by Gasteiger charge is 2.22. The third-order valence-corrected chi connectivity index (χ3v) is 3.89. The molecule has 0 radical (unpaired) electrons. The zero-order valence-electron chi connectivity index (χ0n) is 9.95. The Morgan fingerprint density at radius 1 is 1.35 bits per heavy atom. The van der Waals surface area contributed by atoms with E-state index in [-0.39, 0.29) is 12.1 Å². The molecule has 2 N–H and O–H groups in total. The molecule has 2 rings (SSSR count). The van der Waals surface area contributed by atoms with Crippen LogP contribution in [0.3, 0.4) is 0 Å². The van der Waals surface area contributed by atoms with Crippen molar-refractivity contribution in [1.29, 1.82) is 0 Å². The molecule has 0 aliphatic heterocycles. The smallest absolute Gasteiger partial charge is 0.135 e. The number of hydrogen-bond donors (Lipinski definition) is 2. The average Bonchev–Trinajstić information content (AvgIpc) is 2.34. The molecule has 17 heavy (non-hydrogen) atoms. The van der Waals surface area contributed by atoms with E-state index < -0.39 is 0 Å². The summed E-state index contributed by atoms with van der Waals surface area (Å²) < 4.78 is 6.19. The first-order valence-electron chi connectivity index (χ1n) is 5.99. The highest BCUT2D eigenvalue weighted by atomic mass is 79.9. The van der Waals surface area contributed by atoms with Crippen LogP contribution in [-0.2, 0) is 0 Å². The zero-order chi connectivity index (χ0) is 12.3. The van der Waals surface area contributed by atoms with Gasteiger partial charge in [0, 0.05) is 11.8 Å². The van der Waals surface area contributed by atoms with Gasteiger partial charge in [-0.1, -0.05) is 12.8 Å². The number of hydrogen-bond acceptors (Lipinski definition) is 3. The lowest BCUT2D eigenvalue weighted by atomic mass is 9.92. The maximum absolute atomic E-state index is 9.91. The molecule has 94 valence electrons. The predicted molar refractivity (Wildman–Crippen MR) is 72.6 cm³/mol. The molecule has 0 aromatic heterocycles. The van der Waals surface area contributed by atoms with Crippen molar-refractivity contribution in [3.8, 4) is 5.75 Å². The van der Waals surface area contributed by atoms with Crippen LogP contribution in [0.2, 0.25) is 0 Å². The van der Waals surface area contributed by atoms with Gasteiger partial charge in [0.05, 0.1) is 23.7 Å². The molecule has 3 nitrogen and oxygen atoms in total. The van der Waals surface area contributed by atoms with Crippen LogP contribution in [-0.4, -0.2) is 24.4 Å². The molecule has 0 bridgehead atoms. The third kappa shape index (κ3) is 3.13.